The molecule has 20 heavy (non-hydrogen) atoms. The molecular formula is C14H28N4OS. The highest BCUT2D eigenvalue weighted by Gasteiger charge is 2.22. The topological polar surface area (TPSA) is 47.6 Å². The van der Waals surface area contributed by atoms with Crippen molar-refractivity contribution in [2.75, 3.05) is 59.1 Å². The Morgan fingerprint density at radius 1 is 1.30 bits per heavy atom. The first-order valence-corrected chi connectivity index (χ1v) is 8.68. The van der Waals surface area contributed by atoms with Gasteiger partial charge in [0.2, 0.25) is 5.91 Å². The normalized spacial score (nSPS) is 26.6. The second-order valence-corrected chi connectivity index (χ2v) is 7.25. The molecule has 2 aliphatic rings. The van der Waals surface area contributed by atoms with E-state index < -0.39 is 0 Å². The summed E-state index contributed by atoms with van der Waals surface area (Å²) in [6, 6.07) is 0.446. The fourth-order valence-electron chi connectivity index (χ4n) is 2.76. The van der Waals surface area contributed by atoms with Crippen molar-refractivity contribution in [3.05, 3.63) is 0 Å². The predicted octanol–water partition coefficient (Wildman–Crippen LogP) is -0.166. The summed E-state index contributed by atoms with van der Waals surface area (Å²) in [6.45, 7) is 6.20. The number of nitrogens with one attached hydrogen (secondary N) is 2. The van der Waals surface area contributed by atoms with Gasteiger partial charge in [-0.1, -0.05) is 0 Å². The van der Waals surface area contributed by atoms with E-state index in [1.54, 1.807) is 0 Å². The van der Waals surface area contributed by atoms with E-state index in [-0.39, 0.29) is 5.91 Å². The number of amides is 1. The van der Waals surface area contributed by atoms with Gasteiger partial charge in [0.25, 0.3) is 0 Å². The van der Waals surface area contributed by atoms with E-state index >= 15 is 0 Å². The smallest absolute Gasteiger partial charge is 0.230 e. The first kappa shape index (κ1) is 16.1. The van der Waals surface area contributed by atoms with E-state index in [4.69, 9.17) is 0 Å². The molecule has 2 fully saturated rings. The molecule has 0 spiro atoms. The first-order chi connectivity index (χ1) is 9.65. The molecule has 0 aliphatic carbocycles. The summed E-state index contributed by atoms with van der Waals surface area (Å²) in [7, 11) is 4.29. The minimum Gasteiger partial charge on any atom is -0.354 e. The van der Waals surface area contributed by atoms with Gasteiger partial charge in [-0.15, -0.1) is 11.8 Å². The van der Waals surface area contributed by atoms with Crippen molar-refractivity contribution in [3.63, 3.8) is 0 Å². The molecule has 0 radical (unpaired) electrons. The van der Waals surface area contributed by atoms with E-state index in [1.807, 2.05) is 11.8 Å². The molecule has 0 saturated carbocycles. The van der Waals surface area contributed by atoms with Gasteiger partial charge in [0.05, 0.1) is 5.75 Å². The molecule has 2 N–H and O–H groups in total. The summed E-state index contributed by atoms with van der Waals surface area (Å²) >= 11 is 1.82. The van der Waals surface area contributed by atoms with Crippen molar-refractivity contribution in [3.8, 4) is 0 Å². The van der Waals surface area contributed by atoms with Crippen LogP contribution >= 0.6 is 11.8 Å². The number of rotatable bonds is 5. The van der Waals surface area contributed by atoms with Gasteiger partial charge in [0, 0.05) is 37.5 Å². The number of hydrogen-bond donors (Lipinski definition) is 2. The lowest BCUT2D eigenvalue weighted by Crippen LogP contribution is -2.54. The number of thioether (sulfide) groups is 1. The molecule has 2 aliphatic heterocycles. The third-order valence-corrected chi connectivity index (χ3v) is 5.62. The Bertz CT molecular complexity index is 310. The SMILES string of the molecule is CN1CCN(C)C(CNC(=O)CSC2CCNCC2)C1. The summed E-state index contributed by atoms with van der Waals surface area (Å²) in [6.07, 6.45) is 2.38. The number of nitrogens with zero attached hydrogens (tertiary/aromatic N) is 2. The average molecular weight is 300 g/mol. The number of piperazine rings is 1. The summed E-state index contributed by atoms with van der Waals surface area (Å²) in [4.78, 5) is 16.6. The largest absolute Gasteiger partial charge is 0.354 e. The van der Waals surface area contributed by atoms with Crippen molar-refractivity contribution in [1.82, 2.24) is 20.4 Å². The maximum absolute atomic E-state index is 11.9. The number of carbonyl (C=O) groups excluding carboxylic acids is 1. The third-order valence-electron chi connectivity index (χ3n) is 4.25. The fraction of sp³-hybridized carbons (Fsp3) is 0.929. The molecule has 0 aromatic heterocycles. The zero-order valence-electron chi connectivity index (χ0n) is 12.7. The van der Waals surface area contributed by atoms with Crippen LogP contribution in [-0.4, -0.2) is 86.1 Å². The molecule has 1 atom stereocenters. The number of hydrogen-bond acceptors (Lipinski definition) is 5. The highest BCUT2D eigenvalue weighted by atomic mass is 32.2. The van der Waals surface area contributed by atoms with E-state index in [2.05, 4.69) is 34.5 Å². The fourth-order valence-corrected chi connectivity index (χ4v) is 3.82. The standard InChI is InChI=1S/C14H28N4OS/c1-17-7-8-18(2)12(10-17)9-16-14(19)11-20-13-3-5-15-6-4-13/h12-13,15H,3-11H2,1-2H3,(H,16,19). The number of likely N-dealkylation sites (N-methyl/N-ethyl adjacent to an activating group) is 2. The zero-order valence-corrected chi connectivity index (χ0v) is 13.5. The maximum Gasteiger partial charge on any atom is 0.230 e. The van der Waals surface area contributed by atoms with Crippen LogP contribution in [0.2, 0.25) is 0 Å². The van der Waals surface area contributed by atoms with E-state index in [0.717, 1.165) is 39.3 Å². The van der Waals surface area contributed by atoms with Gasteiger partial charge < -0.3 is 15.5 Å². The zero-order chi connectivity index (χ0) is 14.4. The average Bonchev–Trinajstić information content (AvgIpc) is 2.47. The Morgan fingerprint density at radius 3 is 2.80 bits per heavy atom. The lowest BCUT2D eigenvalue weighted by molar-refractivity contribution is -0.118. The molecule has 1 amide bonds. The van der Waals surface area contributed by atoms with Crippen LogP contribution < -0.4 is 10.6 Å². The molecule has 6 heteroatoms. The van der Waals surface area contributed by atoms with E-state index in [0.29, 0.717) is 17.0 Å². The van der Waals surface area contributed by atoms with Crippen LogP contribution in [0.15, 0.2) is 0 Å². The molecule has 116 valence electrons. The lowest BCUT2D eigenvalue weighted by atomic mass is 10.2. The minimum atomic E-state index is 0.190. The van der Waals surface area contributed by atoms with Gasteiger partial charge in [-0.05, 0) is 40.0 Å². The first-order valence-electron chi connectivity index (χ1n) is 7.63. The van der Waals surface area contributed by atoms with Crippen molar-refractivity contribution in [1.29, 1.82) is 0 Å². The van der Waals surface area contributed by atoms with Gasteiger partial charge in [-0.2, -0.15) is 0 Å². The van der Waals surface area contributed by atoms with Crippen LogP contribution in [0.1, 0.15) is 12.8 Å². The van der Waals surface area contributed by atoms with Crippen molar-refractivity contribution in [2.45, 2.75) is 24.1 Å². The molecule has 0 aromatic carbocycles. The van der Waals surface area contributed by atoms with Gasteiger partial charge in [0.15, 0.2) is 0 Å². The van der Waals surface area contributed by atoms with Crippen LogP contribution in [0, 0.1) is 0 Å². The molecule has 5 nitrogen and oxygen atoms in total. The highest BCUT2D eigenvalue weighted by molar-refractivity contribution is 8.00. The molecule has 0 aromatic rings. The monoisotopic (exact) mass is 300 g/mol. The predicted molar refractivity (Wildman–Crippen MR) is 85.3 cm³/mol. The number of piperidine rings is 1. The Morgan fingerprint density at radius 2 is 2.05 bits per heavy atom. The van der Waals surface area contributed by atoms with Crippen molar-refractivity contribution in [2.24, 2.45) is 0 Å². The summed E-state index contributed by atoms with van der Waals surface area (Å²) < 4.78 is 0. The Hall–Kier alpha value is -0.300. The molecular weight excluding hydrogens is 272 g/mol. The molecule has 2 saturated heterocycles. The van der Waals surface area contributed by atoms with Gasteiger partial charge in [-0.25, -0.2) is 0 Å². The second kappa shape index (κ2) is 8.22. The summed E-state index contributed by atoms with van der Waals surface area (Å²) in [5, 5.41) is 7.11. The van der Waals surface area contributed by atoms with Crippen molar-refractivity contribution < 1.29 is 4.79 Å². The van der Waals surface area contributed by atoms with Crippen molar-refractivity contribution >= 4 is 17.7 Å². The Labute approximate surface area is 126 Å². The van der Waals surface area contributed by atoms with Crippen LogP contribution in [0.5, 0.6) is 0 Å². The quantitative estimate of drug-likeness (QED) is 0.738. The van der Waals surface area contributed by atoms with Gasteiger partial charge in [0.1, 0.15) is 0 Å². The van der Waals surface area contributed by atoms with Crippen LogP contribution in [0.3, 0.4) is 0 Å². The lowest BCUT2D eigenvalue weighted by Gasteiger charge is -2.37. The van der Waals surface area contributed by atoms with Crippen LogP contribution in [-0.2, 0) is 4.79 Å². The van der Waals surface area contributed by atoms with Crippen LogP contribution in [0.4, 0.5) is 0 Å². The third kappa shape index (κ3) is 5.24. The highest BCUT2D eigenvalue weighted by Crippen LogP contribution is 2.19. The molecule has 1 unspecified atom stereocenters. The Kier molecular flexibility index (Phi) is 6.61. The Balaban J connectivity index is 1.61. The molecule has 2 heterocycles. The number of carbonyl (C=O) groups is 1. The minimum absolute atomic E-state index is 0.190. The van der Waals surface area contributed by atoms with Crippen LogP contribution in [0.25, 0.3) is 0 Å². The van der Waals surface area contributed by atoms with Gasteiger partial charge in [-0.3, -0.25) is 9.69 Å². The second-order valence-electron chi connectivity index (χ2n) is 5.96. The summed E-state index contributed by atoms with van der Waals surface area (Å²) in [5.74, 6) is 0.798. The van der Waals surface area contributed by atoms with Gasteiger partial charge >= 0.3 is 0 Å². The molecule has 2 rings (SSSR count). The summed E-state index contributed by atoms with van der Waals surface area (Å²) in [5.41, 5.74) is 0. The van der Waals surface area contributed by atoms with E-state index in [9.17, 15) is 4.79 Å². The maximum atomic E-state index is 11.9. The molecule has 0 bridgehead atoms. The van der Waals surface area contributed by atoms with E-state index in [1.165, 1.54) is 12.8 Å².